The fourth-order valence-electron chi connectivity index (χ4n) is 2.31. The molecule has 2 aromatic rings. The maximum atomic E-state index is 12.8. The van der Waals surface area contributed by atoms with E-state index >= 15 is 0 Å². The topological polar surface area (TPSA) is 29.1 Å². The van der Waals surface area contributed by atoms with Gasteiger partial charge >= 0.3 is 0 Å². The molecule has 114 valence electrons. The lowest BCUT2D eigenvalue weighted by atomic mass is 10.00. The van der Waals surface area contributed by atoms with Gasteiger partial charge in [0.1, 0.15) is 5.82 Å². The van der Waals surface area contributed by atoms with E-state index in [1.165, 1.54) is 23.8 Å². The monoisotopic (exact) mass is 297 g/mol. The van der Waals surface area contributed by atoms with E-state index in [1.54, 1.807) is 18.2 Å². The van der Waals surface area contributed by atoms with Gasteiger partial charge in [-0.2, -0.15) is 0 Å². The summed E-state index contributed by atoms with van der Waals surface area (Å²) in [6.45, 7) is 6.03. The summed E-state index contributed by atoms with van der Waals surface area (Å²) in [5.41, 5.74) is 4.23. The van der Waals surface area contributed by atoms with Gasteiger partial charge in [-0.3, -0.25) is 4.79 Å². The molecule has 2 aromatic carbocycles. The molecule has 22 heavy (non-hydrogen) atoms. The van der Waals surface area contributed by atoms with Crippen molar-refractivity contribution in [3.63, 3.8) is 0 Å². The lowest BCUT2D eigenvalue weighted by Gasteiger charge is -2.16. The third-order valence-corrected chi connectivity index (χ3v) is 3.56. The van der Waals surface area contributed by atoms with Crippen LogP contribution < -0.4 is 5.32 Å². The van der Waals surface area contributed by atoms with E-state index in [9.17, 15) is 9.18 Å². The molecule has 0 heterocycles. The minimum Gasteiger partial charge on any atom is -0.346 e. The first-order valence-corrected chi connectivity index (χ1v) is 7.27. The first-order chi connectivity index (χ1) is 10.5. The van der Waals surface area contributed by atoms with Gasteiger partial charge in [0, 0.05) is 6.08 Å². The van der Waals surface area contributed by atoms with Crippen molar-refractivity contribution in [3.05, 3.63) is 76.6 Å². The summed E-state index contributed by atoms with van der Waals surface area (Å²) in [6.07, 6.45) is 3.14. The summed E-state index contributed by atoms with van der Waals surface area (Å²) in [6, 6.07) is 12.1. The Morgan fingerprint density at radius 2 is 1.82 bits per heavy atom. The summed E-state index contributed by atoms with van der Waals surface area (Å²) in [5.74, 6) is -0.456. The Bertz CT molecular complexity index is 689. The van der Waals surface area contributed by atoms with Gasteiger partial charge < -0.3 is 5.32 Å². The van der Waals surface area contributed by atoms with Crippen LogP contribution in [0.15, 0.2) is 48.5 Å². The lowest BCUT2D eigenvalue weighted by Crippen LogP contribution is -2.25. The van der Waals surface area contributed by atoms with Crippen LogP contribution in [0, 0.1) is 19.7 Å². The van der Waals surface area contributed by atoms with Crippen LogP contribution in [0.25, 0.3) is 6.08 Å². The molecule has 0 spiro atoms. The van der Waals surface area contributed by atoms with Crippen molar-refractivity contribution in [3.8, 4) is 0 Å². The number of carbonyl (C=O) groups is 1. The van der Waals surface area contributed by atoms with Gasteiger partial charge in [-0.1, -0.05) is 35.9 Å². The van der Waals surface area contributed by atoms with Crippen LogP contribution in [0.2, 0.25) is 0 Å². The second-order valence-electron chi connectivity index (χ2n) is 5.48. The molecular weight excluding hydrogens is 277 g/mol. The van der Waals surface area contributed by atoms with Crippen LogP contribution in [-0.4, -0.2) is 5.91 Å². The number of aryl methyl sites for hydroxylation is 2. The second-order valence-corrected chi connectivity index (χ2v) is 5.48. The highest BCUT2D eigenvalue weighted by molar-refractivity contribution is 5.92. The third-order valence-electron chi connectivity index (χ3n) is 3.56. The quantitative estimate of drug-likeness (QED) is 0.836. The van der Waals surface area contributed by atoms with Crippen LogP contribution in [-0.2, 0) is 4.79 Å². The van der Waals surface area contributed by atoms with E-state index in [2.05, 4.69) is 23.5 Å². The molecule has 0 bridgehead atoms. The zero-order chi connectivity index (χ0) is 16.1. The SMILES string of the molecule is Cc1ccc(C)c([C@@H](C)NC(=O)/C=C/c2ccc(F)cc2)c1. The van der Waals surface area contributed by atoms with Gasteiger partial charge in [-0.15, -0.1) is 0 Å². The van der Waals surface area contributed by atoms with Gasteiger partial charge in [-0.25, -0.2) is 4.39 Å². The summed E-state index contributed by atoms with van der Waals surface area (Å²) < 4.78 is 12.8. The molecule has 2 nitrogen and oxygen atoms in total. The van der Waals surface area contributed by atoms with Gasteiger partial charge in [-0.05, 0) is 55.7 Å². The molecule has 0 saturated heterocycles. The standard InChI is InChI=1S/C19H20FNO/c1-13-4-5-14(2)18(12-13)15(3)21-19(22)11-8-16-6-9-17(20)10-7-16/h4-12,15H,1-3H3,(H,21,22)/b11-8+/t15-/m1/s1. The van der Waals surface area contributed by atoms with E-state index in [0.29, 0.717) is 0 Å². The third kappa shape index (κ3) is 4.29. The summed E-state index contributed by atoms with van der Waals surface area (Å²) in [4.78, 5) is 12.0. The molecule has 0 unspecified atom stereocenters. The Hall–Kier alpha value is -2.42. The zero-order valence-corrected chi connectivity index (χ0v) is 13.1. The average Bonchev–Trinajstić information content (AvgIpc) is 2.49. The van der Waals surface area contributed by atoms with Crippen molar-refractivity contribution in [2.24, 2.45) is 0 Å². The molecule has 0 saturated carbocycles. The average molecular weight is 297 g/mol. The number of hydrogen-bond acceptors (Lipinski definition) is 1. The van der Waals surface area contributed by atoms with Crippen LogP contribution >= 0.6 is 0 Å². The molecule has 1 atom stereocenters. The molecule has 1 N–H and O–H groups in total. The number of nitrogens with one attached hydrogen (secondary N) is 1. The van der Waals surface area contributed by atoms with Crippen LogP contribution in [0.4, 0.5) is 4.39 Å². The number of carbonyl (C=O) groups excluding carboxylic acids is 1. The molecule has 1 amide bonds. The van der Waals surface area contributed by atoms with Crippen LogP contribution in [0.3, 0.4) is 0 Å². The van der Waals surface area contributed by atoms with E-state index in [0.717, 1.165) is 16.7 Å². The minimum absolute atomic E-state index is 0.0646. The van der Waals surface area contributed by atoms with Crippen molar-refractivity contribution in [2.75, 3.05) is 0 Å². The highest BCUT2D eigenvalue weighted by Gasteiger charge is 2.10. The highest BCUT2D eigenvalue weighted by atomic mass is 19.1. The Morgan fingerprint density at radius 3 is 2.50 bits per heavy atom. The van der Waals surface area contributed by atoms with Crippen molar-refractivity contribution in [1.29, 1.82) is 0 Å². The molecule has 3 heteroatoms. The van der Waals surface area contributed by atoms with Crippen LogP contribution in [0.5, 0.6) is 0 Å². The van der Waals surface area contributed by atoms with E-state index in [-0.39, 0.29) is 17.8 Å². The predicted octanol–water partition coefficient (Wildman–Crippen LogP) is 4.33. The molecule has 0 fully saturated rings. The molecule has 0 aliphatic heterocycles. The van der Waals surface area contributed by atoms with Gasteiger partial charge in [0.2, 0.25) is 5.91 Å². The number of halogens is 1. The Balaban J connectivity index is 2.02. The smallest absolute Gasteiger partial charge is 0.244 e. The summed E-state index contributed by atoms with van der Waals surface area (Å²) in [5, 5.41) is 2.95. The van der Waals surface area contributed by atoms with Gasteiger partial charge in [0.05, 0.1) is 6.04 Å². The van der Waals surface area contributed by atoms with Gasteiger partial charge in [0.15, 0.2) is 0 Å². The Morgan fingerprint density at radius 1 is 1.14 bits per heavy atom. The predicted molar refractivity (Wildman–Crippen MR) is 87.9 cm³/mol. The molecule has 2 rings (SSSR count). The fraction of sp³-hybridized carbons (Fsp3) is 0.211. The Kier molecular flexibility index (Phi) is 5.10. The number of rotatable bonds is 4. The normalized spacial score (nSPS) is 12.4. The van der Waals surface area contributed by atoms with Crippen molar-refractivity contribution in [1.82, 2.24) is 5.32 Å². The molecule has 0 aliphatic carbocycles. The maximum Gasteiger partial charge on any atom is 0.244 e. The lowest BCUT2D eigenvalue weighted by molar-refractivity contribution is -0.117. The molecule has 0 aromatic heterocycles. The highest BCUT2D eigenvalue weighted by Crippen LogP contribution is 2.18. The second kappa shape index (κ2) is 7.03. The van der Waals surface area contributed by atoms with Crippen LogP contribution in [0.1, 0.15) is 35.2 Å². The summed E-state index contributed by atoms with van der Waals surface area (Å²) >= 11 is 0. The van der Waals surface area contributed by atoms with Gasteiger partial charge in [0.25, 0.3) is 0 Å². The van der Waals surface area contributed by atoms with E-state index < -0.39 is 0 Å². The van der Waals surface area contributed by atoms with Crippen molar-refractivity contribution >= 4 is 12.0 Å². The summed E-state index contributed by atoms with van der Waals surface area (Å²) in [7, 11) is 0. The number of benzene rings is 2. The van der Waals surface area contributed by atoms with Crippen molar-refractivity contribution < 1.29 is 9.18 Å². The largest absolute Gasteiger partial charge is 0.346 e. The maximum absolute atomic E-state index is 12.8. The zero-order valence-electron chi connectivity index (χ0n) is 13.1. The Labute approximate surface area is 130 Å². The molecular formula is C19H20FNO. The molecule has 0 radical (unpaired) electrons. The molecule has 0 aliphatic rings. The number of amides is 1. The number of hydrogen-bond donors (Lipinski definition) is 1. The van der Waals surface area contributed by atoms with E-state index in [4.69, 9.17) is 0 Å². The minimum atomic E-state index is -0.287. The fourth-order valence-corrected chi connectivity index (χ4v) is 2.31. The first kappa shape index (κ1) is 16.0. The van der Waals surface area contributed by atoms with Crippen molar-refractivity contribution in [2.45, 2.75) is 26.8 Å². The van der Waals surface area contributed by atoms with E-state index in [1.807, 2.05) is 20.8 Å². The first-order valence-electron chi connectivity index (χ1n) is 7.27.